The minimum Gasteiger partial charge on any atom is -0.394 e. The van der Waals surface area contributed by atoms with Crippen LogP contribution in [0.5, 0.6) is 0 Å². The Bertz CT molecular complexity index is 459. The number of nitrogens with two attached hydrogens (primary N) is 1. The average Bonchev–Trinajstić information content (AvgIpc) is 2.40. The molecule has 0 amide bonds. The SMILES string of the molecule is COC1CCC(Cn2ccc(C)c(N)c2=O)CC1. The fourth-order valence-electron chi connectivity index (χ4n) is 2.65. The van der Waals surface area contributed by atoms with Gasteiger partial charge in [0.1, 0.15) is 5.69 Å². The van der Waals surface area contributed by atoms with Crippen LogP contribution >= 0.6 is 0 Å². The van der Waals surface area contributed by atoms with E-state index < -0.39 is 0 Å². The highest BCUT2D eigenvalue weighted by atomic mass is 16.5. The molecule has 1 aromatic heterocycles. The Hall–Kier alpha value is -1.29. The number of nitrogens with zero attached hydrogens (tertiary/aromatic N) is 1. The van der Waals surface area contributed by atoms with Crippen LogP contribution in [0.2, 0.25) is 0 Å². The second-order valence-corrected chi connectivity index (χ2v) is 5.25. The quantitative estimate of drug-likeness (QED) is 0.892. The van der Waals surface area contributed by atoms with Gasteiger partial charge < -0.3 is 15.0 Å². The van der Waals surface area contributed by atoms with Gasteiger partial charge in [-0.3, -0.25) is 4.79 Å². The van der Waals surface area contributed by atoms with E-state index in [9.17, 15) is 4.79 Å². The van der Waals surface area contributed by atoms with Crippen molar-refractivity contribution in [1.29, 1.82) is 0 Å². The van der Waals surface area contributed by atoms with Crippen molar-refractivity contribution < 1.29 is 4.74 Å². The van der Waals surface area contributed by atoms with Gasteiger partial charge in [-0.2, -0.15) is 0 Å². The molecule has 0 atom stereocenters. The van der Waals surface area contributed by atoms with Crippen LogP contribution in [0.15, 0.2) is 17.1 Å². The van der Waals surface area contributed by atoms with Crippen LogP contribution < -0.4 is 11.3 Å². The van der Waals surface area contributed by atoms with E-state index in [1.807, 2.05) is 19.2 Å². The second-order valence-electron chi connectivity index (χ2n) is 5.25. The zero-order valence-corrected chi connectivity index (χ0v) is 11.2. The molecule has 0 radical (unpaired) electrons. The maximum atomic E-state index is 12.0. The summed E-state index contributed by atoms with van der Waals surface area (Å²) >= 11 is 0. The van der Waals surface area contributed by atoms with Crippen molar-refractivity contribution in [3.05, 3.63) is 28.2 Å². The number of pyridine rings is 1. The van der Waals surface area contributed by atoms with E-state index in [4.69, 9.17) is 10.5 Å². The number of aromatic nitrogens is 1. The molecule has 4 nitrogen and oxygen atoms in total. The number of nitrogen functional groups attached to an aromatic ring is 1. The molecule has 18 heavy (non-hydrogen) atoms. The molecule has 1 aromatic rings. The van der Waals surface area contributed by atoms with Crippen LogP contribution in [-0.4, -0.2) is 17.8 Å². The van der Waals surface area contributed by atoms with Gasteiger partial charge in [0.25, 0.3) is 5.56 Å². The molecule has 0 aromatic carbocycles. The van der Waals surface area contributed by atoms with Crippen molar-refractivity contribution >= 4 is 5.69 Å². The van der Waals surface area contributed by atoms with Crippen LogP contribution in [0.3, 0.4) is 0 Å². The highest BCUT2D eigenvalue weighted by Crippen LogP contribution is 2.26. The Morgan fingerprint density at radius 2 is 2.06 bits per heavy atom. The summed E-state index contributed by atoms with van der Waals surface area (Å²) in [7, 11) is 1.77. The van der Waals surface area contributed by atoms with Gasteiger partial charge in [-0.15, -0.1) is 0 Å². The van der Waals surface area contributed by atoms with Crippen LogP contribution in [0, 0.1) is 12.8 Å². The van der Waals surface area contributed by atoms with Gasteiger partial charge in [0.2, 0.25) is 0 Å². The molecule has 1 fully saturated rings. The summed E-state index contributed by atoms with van der Waals surface area (Å²) in [5.41, 5.74) is 6.96. The van der Waals surface area contributed by atoms with E-state index >= 15 is 0 Å². The third-order valence-electron chi connectivity index (χ3n) is 4.00. The van der Waals surface area contributed by atoms with Crippen molar-refractivity contribution in [2.75, 3.05) is 12.8 Å². The monoisotopic (exact) mass is 250 g/mol. The first-order valence-electron chi connectivity index (χ1n) is 6.60. The maximum absolute atomic E-state index is 12.0. The summed E-state index contributed by atoms with van der Waals surface area (Å²) in [6.07, 6.45) is 6.70. The Morgan fingerprint density at radius 1 is 1.39 bits per heavy atom. The first-order valence-corrected chi connectivity index (χ1v) is 6.60. The molecule has 0 unspecified atom stereocenters. The fourth-order valence-corrected chi connectivity index (χ4v) is 2.65. The van der Waals surface area contributed by atoms with E-state index in [2.05, 4.69) is 0 Å². The van der Waals surface area contributed by atoms with E-state index in [1.165, 1.54) is 0 Å². The first kappa shape index (κ1) is 13.1. The molecule has 4 heteroatoms. The molecular formula is C14H22N2O2. The minimum absolute atomic E-state index is 0.0520. The number of ether oxygens (including phenoxy) is 1. The molecular weight excluding hydrogens is 228 g/mol. The highest BCUT2D eigenvalue weighted by Gasteiger charge is 2.21. The largest absolute Gasteiger partial charge is 0.394 e. The number of aryl methyl sites for hydroxylation is 1. The summed E-state index contributed by atoms with van der Waals surface area (Å²) < 4.78 is 7.11. The Labute approximate surface area is 108 Å². The second kappa shape index (κ2) is 5.57. The minimum atomic E-state index is -0.0520. The summed E-state index contributed by atoms with van der Waals surface area (Å²) in [6.45, 7) is 2.64. The zero-order chi connectivity index (χ0) is 13.1. The molecule has 2 N–H and O–H groups in total. The summed E-state index contributed by atoms with van der Waals surface area (Å²) in [4.78, 5) is 12.0. The van der Waals surface area contributed by atoms with Gasteiger partial charge in [-0.25, -0.2) is 0 Å². The molecule has 1 heterocycles. The van der Waals surface area contributed by atoms with Gasteiger partial charge in [0, 0.05) is 19.9 Å². The molecule has 0 aliphatic heterocycles. The first-order chi connectivity index (χ1) is 8.61. The molecule has 1 saturated carbocycles. The Kier molecular flexibility index (Phi) is 4.07. The molecule has 0 spiro atoms. The third-order valence-corrected chi connectivity index (χ3v) is 4.00. The zero-order valence-electron chi connectivity index (χ0n) is 11.2. The van der Waals surface area contributed by atoms with E-state index in [-0.39, 0.29) is 5.56 Å². The van der Waals surface area contributed by atoms with E-state index in [1.54, 1.807) is 11.7 Å². The smallest absolute Gasteiger partial charge is 0.273 e. The molecule has 0 saturated heterocycles. The van der Waals surface area contributed by atoms with Crippen LogP contribution in [0.1, 0.15) is 31.2 Å². The lowest BCUT2D eigenvalue weighted by atomic mass is 9.87. The summed E-state index contributed by atoms with van der Waals surface area (Å²) in [5, 5.41) is 0. The molecule has 0 bridgehead atoms. The van der Waals surface area contributed by atoms with Crippen molar-refractivity contribution in [2.24, 2.45) is 5.92 Å². The molecule has 100 valence electrons. The van der Waals surface area contributed by atoms with Crippen molar-refractivity contribution in [3.8, 4) is 0 Å². The van der Waals surface area contributed by atoms with Gasteiger partial charge in [-0.05, 0) is 50.2 Å². The fraction of sp³-hybridized carbons (Fsp3) is 0.643. The van der Waals surface area contributed by atoms with Crippen molar-refractivity contribution in [1.82, 2.24) is 4.57 Å². The molecule has 1 aliphatic carbocycles. The summed E-state index contributed by atoms with van der Waals surface area (Å²) in [5.74, 6) is 0.566. The van der Waals surface area contributed by atoms with Gasteiger partial charge in [-0.1, -0.05) is 0 Å². The van der Waals surface area contributed by atoms with E-state index in [0.717, 1.165) is 37.8 Å². The molecule has 1 aliphatic rings. The highest BCUT2D eigenvalue weighted by molar-refractivity contribution is 5.42. The predicted octanol–water partition coefficient (Wildman–Crippen LogP) is 1.94. The van der Waals surface area contributed by atoms with Gasteiger partial charge >= 0.3 is 0 Å². The normalized spacial score (nSPS) is 24.1. The van der Waals surface area contributed by atoms with Crippen molar-refractivity contribution in [3.63, 3.8) is 0 Å². The Morgan fingerprint density at radius 3 is 2.67 bits per heavy atom. The van der Waals surface area contributed by atoms with Crippen molar-refractivity contribution in [2.45, 2.75) is 45.3 Å². The number of hydrogen-bond acceptors (Lipinski definition) is 3. The number of anilines is 1. The summed E-state index contributed by atoms with van der Waals surface area (Å²) in [6, 6.07) is 1.91. The van der Waals surface area contributed by atoms with Gasteiger partial charge in [0.05, 0.1) is 6.10 Å². The van der Waals surface area contributed by atoms with E-state index in [0.29, 0.717) is 17.7 Å². The number of methoxy groups -OCH3 is 1. The lowest BCUT2D eigenvalue weighted by Gasteiger charge is -2.28. The molecule has 2 rings (SSSR count). The average molecular weight is 250 g/mol. The van der Waals surface area contributed by atoms with Crippen LogP contribution in [0.25, 0.3) is 0 Å². The lowest BCUT2D eigenvalue weighted by Crippen LogP contribution is -2.29. The predicted molar refractivity (Wildman–Crippen MR) is 72.6 cm³/mol. The third kappa shape index (κ3) is 2.75. The number of hydrogen-bond donors (Lipinski definition) is 1. The standard InChI is InChI=1S/C14H22N2O2/c1-10-7-8-16(14(17)13(10)15)9-11-3-5-12(18-2)6-4-11/h7-8,11-12H,3-6,9,15H2,1-2H3. The Balaban J connectivity index is 2.03. The number of rotatable bonds is 3. The lowest BCUT2D eigenvalue weighted by molar-refractivity contribution is 0.0541. The van der Waals surface area contributed by atoms with Crippen LogP contribution in [-0.2, 0) is 11.3 Å². The van der Waals surface area contributed by atoms with Crippen LogP contribution in [0.4, 0.5) is 5.69 Å². The maximum Gasteiger partial charge on any atom is 0.273 e. The topological polar surface area (TPSA) is 57.2 Å². The van der Waals surface area contributed by atoms with Gasteiger partial charge in [0.15, 0.2) is 0 Å².